The molecule has 3 heterocycles. The van der Waals surface area contributed by atoms with Crippen molar-refractivity contribution in [2.24, 2.45) is 0 Å². The fourth-order valence-corrected chi connectivity index (χ4v) is 6.48. The molecular formula is C31H28N2O7. The van der Waals surface area contributed by atoms with Crippen molar-refractivity contribution in [2.45, 2.75) is 19.0 Å². The van der Waals surface area contributed by atoms with E-state index in [0.29, 0.717) is 56.3 Å². The molecule has 0 radical (unpaired) electrons. The van der Waals surface area contributed by atoms with E-state index in [1.807, 2.05) is 37.4 Å². The second kappa shape index (κ2) is 9.02. The zero-order chi connectivity index (χ0) is 27.7. The van der Waals surface area contributed by atoms with E-state index in [9.17, 15) is 9.59 Å². The van der Waals surface area contributed by atoms with Crippen LogP contribution in [0.1, 0.15) is 33.1 Å². The monoisotopic (exact) mass is 540 g/mol. The van der Waals surface area contributed by atoms with Gasteiger partial charge in [-0.05, 0) is 37.2 Å². The summed E-state index contributed by atoms with van der Waals surface area (Å²) in [6.07, 6.45) is 0.798. The number of carbonyl (C=O) groups is 1. The summed E-state index contributed by atoms with van der Waals surface area (Å²) in [5, 5.41) is 0.867. The molecule has 204 valence electrons. The molecule has 0 saturated heterocycles. The molecule has 9 heteroatoms. The molecule has 3 aliphatic rings. The zero-order valence-electron chi connectivity index (χ0n) is 22.7. The lowest BCUT2D eigenvalue weighted by molar-refractivity contribution is 0.104. The molecule has 0 amide bonds. The van der Waals surface area contributed by atoms with Crippen LogP contribution < -0.4 is 29.2 Å². The maximum atomic E-state index is 14.5. The standard InChI is InChI=1S/C31H28N2O7/c1-32-12-11-16-13-22-29(40-15-39-22)30(38-4)23(16)20(32)14-33-26-17-7-5-6-8-18(17)27(34)24(26)19-9-10-21(36-2)28(37-3)25(19)31(33)35/h5-10,13,20H,11-12,14-15H2,1-4H3. The Morgan fingerprint density at radius 3 is 2.48 bits per heavy atom. The van der Waals surface area contributed by atoms with Gasteiger partial charge in [0.1, 0.15) is 0 Å². The van der Waals surface area contributed by atoms with Crippen LogP contribution in [0.5, 0.6) is 28.7 Å². The lowest BCUT2D eigenvalue weighted by atomic mass is 9.90. The number of likely N-dealkylation sites (N-methyl/N-ethyl adjacent to an activating group) is 1. The van der Waals surface area contributed by atoms with Crippen molar-refractivity contribution in [3.63, 3.8) is 0 Å². The van der Waals surface area contributed by atoms with Crippen LogP contribution in [-0.2, 0) is 13.0 Å². The first-order chi connectivity index (χ1) is 19.5. The van der Waals surface area contributed by atoms with Crippen molar-refractivity contribution < 1.29 is 28.5 Å². The van der Waals surface area contributed by atoms with Crippen molar-refractivity contribution in [2.75, 3.05) is 41.7 Å². The number of ether oxygens (including phenoxy) is 5. The Kier molecular flexibility index (Phi) is 5.54. The van der Waals surface area contributed by atoms with E-state index < -0.39 is 0 Å². The molecule has 0 bridgehead atoms. The first-order valence-corrected chi connectivity index (χ1v) is 13.1. The van der Waals surface area contributed by atoms with Gasteiger partial charge in [-0.25, -0.2) is 0 Å². The summed E-state index contributed by atoms with van der Waals surface area (Å²) in [6.45, 7) is 1.18. The Morgan fingerprint density at radius 1 is 0.950 bits per heavy atom. The van der Waals surface area contributed by atoms with E-state index in [1.165, 1.54) is 14.2 Å². The molecule has 1 atom stereocenters. The van der Waals surface area contributed by atoms with E-state index in [-0.39, 0.29) is 30.7 Å². The third kappa shape index (κ3) is 3.24. The van der Waals surface area contributed by atoms with E-state index in [2.05, 4.69) is 4.90 Å². The number of carbonyl (C=O) groups excluding carboxylic acids is 1. The van der Waals surface area contributed by atoms with Crippen LogP contribution in [0.25, 0.3) is 22.0 Å². The summed E-state index contributed by atoms with van der Waals surface area (Å²) < 4.78 is 30.3. The third-order valence-corrected chi connectivity index (χ3v) is 8.34. The molecule has 40 heavy (non-hydrogen) atoms. The number of nitrogens with zero attached hydrogens (tertiary/aromatic N) is 2. The predicted molar refractivity (Wildman–Crippen MR) is 148 cm³/mol. The van der Waals surface area contributed by atoms with Crippen molar-refractivity contribution in [1.82, 2.24) is 9.47 Å². The summed E-state index contributed by atoms with van der Waals surface area (Å²) in [6, 6.07) is 12.7. The Labute approximate surface area is 230 Å². The molecule has 9 nitrogen and oxygen atoms in total. The Balaban J connectivity index is 1.53. The quantitative estimate of drug-likeness (QED) is 0.328. The minimum atomic E-state index is -0.255. The minimum Gasteiger partial charge on any atom is -0.493 e. The number of benzene rings is 3. The molecule has 7 rings (SSSR count). The van der Waals surface area contributed by atoms with Crippen LogP contribution in [0, 0.1) is 0 Å². The highest BCUT2D eigenvalue weighted by molar-refractivity contribution is 6.27. The molecule has 2 aliphatic heterocycles. The Hall–Kier alpha value is -4.50. The summed E-state index contributed by atoms with van der Waals surface area (Å²) in [5.74, 6) is 2.47. The van der Waals surface area contributed by atoms with E-state index in [0.717, 1.165) is 29.7 Å². The molecule has 0 fully saturated rings. The second-order valence-corrected chi connectivity index (χ2v) is 10.2. The number of ketones is 1. The van der Waals surface area contributed by atoms with Gasteiger partial charge in [0.25, 0.3) is 5.56 Å². The normalized spacial score (nSPS) is 17.0. The smallest absolute Gasteiger partial charge is 0.262 e. The van der Waals surface area contributed by atoms with Crippen LogP contribution in [0.2, 0.25) is 0 Å². The van der Waals surface area contributed by atoms with Crippen LogP contribution in [0.4, 0.5) is 0 Å². The molecule has 0 spiro atoms. The van der Waals surface area contributed by atoms with E-state index in [1.54, 1.807) is 23.8 Å². The largest absolute Gasteiger partial charge is 0.493 e. The van der Waals surface area contributed by atoms with Gasteiger partial charge < -0.3 is 28.3 Å². The maximum absolute atomic E-state index is 14.5. The number of hydrogen-bond acceptors (Lipinski definition) is 8. The number of fused-ring (bicyclic) bond motifs is 7. The SMILES string of the molecule is COc1ccc2c3c(n(CC4c5c(cc6c(c5OC)OCO6)CCN4C)c(=O)c2c1OC)-c1ccccc1C3=O. The third-order valence-electron chi connectivity index (χ3n) is 8.34. The summed E-state index contributed by atoms with van der Waals surface area (Å²) >= 11 is 0. The summed E-state index contributed by atoms with van der Waals surface area (Å²) in [4.78, 5) is 30.6. The first kappa shape index (κ1) is 24.5. The highest BCUT2D eigenvalue weighted by Gasteiger charge is 2.38. The van der Waals surface area contributed by atoms with Crippen molar-refractivity contribution in [1.29, 1.82) is 0 Å². The van der Waals surface area contributed by atoms with E-state index in [4.69, 9.17) is 23.7 Å². The number of aromatic nitrogens is 1. The van der Waals surface area contributed by atoms with Crippen LogP contribution >= 0.6 is 0 Å². The number of pyridine rings is 1. The highest BCUT2D eigenvalue weighted by Crippen LogP contribution is 2.50. The first-order valence-electron chi connectivity index (χ1n) is 13.1. The fraction of sp³-hybridized carbons (Fsp3) is 0.290. The molecule has 0 N–H and O–H groups in total. The predicted octanol–water partition coefficient (Wildman–Crippen LogP) is 4.20. The van der Waals surface area contributed by atoms with Crippen LogP contribution in [-0.4, -0.2) is 57.0 Å². The molecular weight excluding hydrogens is 512 g/mol. The van der Waals surface area contributed by atoms with Gasteiger partial charge in [0, 0.05) is 35.2 Å². The zero-order valence-corrected chi connectivity index (χ0v) is 22.7. The average Bonchev–Trinajstić information content (AvgIpc) is 3.56. The van der Waals surface area contributed by atoms with Gasteiger partial charge in [-0.1, -0.05) is 24.3 Å². The number of methoxy groups -OCH3 is 3. The van der Waals surface area contributed by atoms with Gasteiger partial charge in [0.05, 0.1) is 44.0 Å². The maximum Gasteiger partial charge on any atom is 0.262 e. The molecule has 4 aromatic rings. The van der Waals surface area contributed by atoms with Gasteiger partial charge in [-0.2, -0.15) is 0 Å². The van der Waals surface area contributed by atoms with Gasteiger partial charge in [0.2, 0.25) is 12.5 Å². The Bertz CT molecular complexity index is 1790. The summed E-state index contributed by atoms with van der Waals surface area (Å²) in [7, 11) is 6.69. The Morgan fingerprint density at radius 2 is 1.73 bits per heavy atom. The molecule has 1 aromatic heterocycles. The topological polar surface area (TPSA) is 88.5 Å². The molecule has 3 aromatic carbocycles. The highest BCUT2D eigenvalue weighted by atomic mass is 16.7. The second-order valence-electron chi connectivity index (χ2n) is 10.2. The van der Waals surface area contributed by atoms with Crippen molar-refractivity contribution in [3.8, 4) is 40.0 Å². The molecule has 0 saturated carbocycles. The number of hydrogen-bond donors (Lipinski definition) is 0. The fourth-order valence-electron chi connectivity index (χ4n) is 6.48. The summed E-state index contributed by atoms with van der Waals surface area (Å²) in [5.41, 5.74) is 4.22. The van der Waals surface area contributed by atoms with Crippen molar-refractivity contribution in [3.05, 3.63) is 75.1 Å². The number of rotatable bonds is 5. The lowest BCUT2D eigenvalue weighted by Crippen LogP contribution is -2.38. The average molecular weight is 541 g/mol. The van der Waals surface area contributed by atoms with Crippen LogP contribution in [0.15, 0.2) is 47.3 Å². The van der Waals surface area contributed by atoms with E-state index >= 15 is 0 Å². The van der Waals surface area contributed by atoms with Crippen LogP contribution in [0.3, 0.4) is 0 Å². The lowest BCUT2D eigenvalue weighted by Gasteiger charge is -2.36. The van der Waals surface area contributed by atoms with Gasteiger partial charge in [0.15, 0.2) is 28.8 Å². The van der Waals surface area contributed by atoms with Crippen molar-refractivity contribution >= 4 is 16.6 Å². The molecule has 1 aliphatic carbocycles. The van der Waals surface area contributed by atoms with Gasteiger partial charge in [-0.3, -0.25) is 14.5 Å². The van der Waals surface area contributed by atoms with Gasteiger partial charge >= 0.3 is 0 Å². The minimum absolute atomic E-state index is 0.116. The van der Waals surface area contributed by atoms with Gasteiger partial charge in [-0.15, -0.1) is 0 Å². The molecule has 1 unspecified atom stereocenters.